The van der Waals surface area contributed by atoms with Gasteiger partial charge in [-0.3, -0.25) is 10.6 Å². The zero-order valence-corrected chi connectivity index (χ0v) is 12.1. The first-order valence-corrected chi connectivity index (χ1v) is 6.54. The molecule has 0 radical (unpaired) electrons. The number of halogens is 1. The Labute approximate surface area is 122 Å². The molecule has 20 heavy (non-hydrogen) atoms. The second kappa shape index (κ2) is 5.94. The SMILES string of the molecule is Cc1cc(NN)ccc1C(=O)Nc1c(C)cccc1Cl. The fourth-order valence-electron chi connectivity index (χ4n) is 1.98. The summed E-state index contributed by atoms with van der Waals surface area (Å²) in [6.45, 7) is 3.75. The monoisotopic (exact) mass is 289 g/mol. The highest BCUT2D eigenvalue weighted by atomic mass is 35.5. The van der Waals surface area contributed by atoms with E-state index in [0.29, 0.717) is 16.3 Å². The molecule has 0 bridgehead atoms. The van der Waals surface area contributed by atoms with Crippen molar-refractivity contribution in [3.63, 3.8) is 0 Å². The molecule has 0 saturated carbocycles. The first kappa shape index (κ1) is 14.4. The van der Waals surface area contributed by atoms with Gasteiger partial charge in [0.2, 0.25) is 0 Å². The molecule has 2 aromatic carbocycles. The largest absolute Gasteiger partial charge is 0.324 e. The second-order valence-corrected chi connectivity index (χ2v) is 4.97. The van der Waals surface area contributed by atoms with E-state index in [2.05, 4.69) is 10.7 Å². The van der Waals surface area contributed by atoms with Crippen LogP contribution in [0.15, 0.2) is 36.4 Å². The van der Waals surface area contributed by atoms with Gasteiger partial charge in [-0.1, -0.05) is 23.7 Å². The molecule has 2 aromatic rings. The summed E-state index contributed by atoms with van der Waals surface area (Å²) in [5.74, 6) is 5.15. The molecule has 0 aliphatic rings. The molecule has 1 amide bonds. The third kappa shape index (κ3) is 2.92. The first-order valence-electron chi connectivity index (χ1n) is 6.16. The number of carbonyl (C=O) groups is 1. The van der Waals surface area contributed by atoms with Crippen LogP contribution in [0.3, 0.4) is 0 Å². The highest BCUT2D eigenvalue weighted by Crippen LogP contribution is 2.26. The lowest BCUT2D eigenvalue weighted by atomic mass is 10.1. The molecule has 0 spiro atoms. The molecule has 0 saturated heterocycles. The van der Waals surface area contributed by atoms with Crippen LogP contribution >= 0.6 is 11.6 Å². The molecule has 104 valence electrons. The molecule has 0 aliphatic heterocycles. The van der Waals surface area contributed by atoms with Crippen LogP contribution in [0.2, 0.25) is 5.02 Å². The number of hydrogen-bond donors (Lipinski definition) is 3. The quantitative estimate of drug-likeness (QED) is 0.598. The third-order valence-electron chi connectivity index (χ3n) is 3.10. The summed E-state index contributed by atoms with van der Waals surface area (Å²) in [6, 6.07) is 10.8. The van der Waals surface area contributed by atoms with Crippen LogP contribution < -0.4 is 16.6 Å². The van der Waals surface area contributed by atoms with Crippen LogP contribution in [0.25, 0.3) is 0 Å². The highest BCUT2D eigenvalue weighted by molar-refractivity contribution is 6.34. The van der Waals surface area contributed by atoms with Gasteiger partial charge in [0, 0.05) is 11.3 Å². The first-order chi connectivity index (χ1) is 9.52. The van der Waals surface area contributed by atoms with E-state index < -0.39 is 0 Å². The number of nitrogens with two attached hydrogens (primary N) is 1. The molecule has 4 N–H and O–H groups in total. The third-order valence-corrected chi connectivity index (χ3v) is 3.41. The van der Waals surface area contributed by atoms with E-state index in [0.717, 1.165) is 16.8 Å². The predicted octanol–water partition coefficient (Wildman–Crippen LogP) is 3.49. The van der Waals surface area contributed by atoms with Crippen molar-refractivity contribution in [2.45, 2.75) is 13.8 Å². The second-order valence-electron chi connectivity index (χ2n) is 4.56. The number of rotatable bonds is 3. The number of anilines is 2. The molecule has 0 atom stereocenters. The Kier molecular flexibility index (Phi) is 4.27. The maximum atomic E-state index is 12.3. The molecule has 4 nitrogen and oxygen atoms in total. The minimum absolute atomic E-state index is 0.192. The fourth-order valence-corrected chi connectivity index (χ4v) is 2.25. The summed E-state index contributed by atoms with van der Waals surface area (Å²) in [4.78, 5) is 12.3. The van der Waals surface area contributed by atoms with E-state index in [9.17, 15) is 4.79 Å². The number of aryl methyl sites for hydroxylation is 2. The van der Waals surface area contributed by atoms with Crippen molar-refractivity contribution in [3.8, 4) is 0 Å². The number of benzene rings is 2. The summed E-state index contributed by atoms with van der Waals surface area (Å²) in [5.41, 5.74) is 6.29. The molecule has 0 fully saturated rings. The fraction of sp³-hybridized carbons (Fsp3) is 0.133. The number of carbonyl (C=O) groups excluding carboxylic acids is 1. The lowest BCUT2D eigenvalue weighted by Gasteiger charge is -2.12. The molecule has 5 heteroatoms. The van der Waals surface area contributed by atoms with Gasteiger partial charge in [0.05, 0.1) is 10.7 Å². The molecular weight excluding hydrogens is 274 g/mol. The van der Waals surface area contributed by atoms with Crippen LogP contribution in [-0.4, -0.2) is 5.91 Å². The van der Waals surface area contributed by atoms with Crippen LogP contribution in [0.1, 0.15) is 21.5 Å². The zero-order chi connectivity index (χ0) is 14.7. The van der Waals surface area contributed by atoms with Gasteiger partial charge in [-0.25, -0.2) is 0 Å². The van der Waals surface area contributed by atoms with Gasteiger partial charge in [-0.2, -0.15) is 0 Å². The van der Waals surface area contributed by atoms with Gasteiger partial charge in [0.25, 0.3) is 5.91 Å². The van der Waals surface area contributed by atoms with Crippen molar-refractivity contribution in [1.29, 1.82) is 0 Å². The zero-order valence-electron chi connectivity index (χ0n) is 11.3. The topological polar surface area (TPSA) is 67.1 Å². The van der Waals surface area contributed by atoms with Gasteiger partial charge >= 0.3 is 0 Å². The van der Waals surface area contributed by atoms with Crippen molar-refractivity contribution in [2.24, 2.45) is 5.84 Å². The highest BCUT2D eigenvalue weighted by Gasteiger charge is 2.12. The molecule has 0 unspecified atom stereocenters. The van der Waals surface area contributed by atoms with E-state index in [1.807, 2.05) is 32.0 Å². The number of hydrogen-bond acceptors (Lipinski definition) is 3. The summed E-state index contributed by atoms with van der Waals surface area (Å²) in [6.07, 6.45) is 0. The Morgan fingerprint density at radius 2 is 1.90 bits per heavy atom. The van der Waals surface area contributed by atoms with E-state index >= 15 is 0 Å². The molecular formula is C15H16ClN3O. The van der Waals surface area contributed by atoms with Gasteiger partial charge in [0.15, 0.2) is 0 Å². The number of hydrazine groups is 1. The molecule has 0 aliphatic carbocycles. The normalized spacial score (nSPS) is 10.2. The van der Waals surface area contributed by atoms with Gasteiger partial charge in [-0.05, 0) is 49.2 Å². The van der Waals surface area contributed by atoms with Crippen LogP contribution in [0, 0.1) is 13.8 Å². The number of amides is 1. The average Bonchev–Trinajstić information content (AvgIpc) is 2.42. The maximum Gasteiger partial charge on any atom is 0.255 e. The summed E-state index contributed by atoms with van der Waals surface area (Å²) in [5, 5.41) is 3.37. The Hall–Kier alpha value is -2.04. The summed E-state index contributed by atoms with van der Waals surface area (Å²) < 4.78 is 0. The predicted molar refractivity (Wildman–Crippen MR) is 83.1 cm³/mol. The minimum Gasteiger partial charge on any atom is -0.324 e. The van der Waals surface area contributed by atoms with Crippen molar-refractivity contribution >= 4 is 28.9 Å². The van der Waals surface area contributed by atoms with Crippen molar-refractivity contribution in [2.75, 3.05) is 10.7 Å². The van der Waals surface area contributed by atoms with E-state index in [1.165, 1.54) is 0 Å². The van der Waals surface area contributed by atoms with Crippen LogP contribution in [0.4, 0.5) is 11.4 Å². The average molecular weight is 290 g/mol. The van der Waals surface area contributed by atoms with Crippen molar-refractivity contribution < 1.29 is 4.79 Å². The van der Waals surface area contributed by atoms with E-state index in [4.69, 9.17) is 17.4 Å². The van der Waals surface area contributed by atoms with Gasteiger partial charge in [0.1, 0.15) is 0 Å². The lowest BCUT2D eigenvalue weighted by Crippen LogP contribution is -2.15. The summed E-state index contributed by atoms with van der Waals surface area (Å²) in [7, 11) is 0. The molecule has 2 rings (SSSR count). The maximum absolute atomic E-state index is 12.3. The van der Waals surface area contributed by atoms with Gasteiger partial charge in [-0.15, -0.1) is 0 Å². The van der Waals surface area contributed by atoms with Gasteiger partial charge < -0.3 is 10.7 Å². The summed E-state index contributed by atoms with van der Waals surface area (Å²) >= 11 is 6.11. The van der Waals surface area contributed by atoms with Crippen molar-refractivity contribution in [3.05, 3.63) is 58.1 Å². The van der Waals surface area contributed by atoms with Crippen molar-refractivity contribution in [1.82, 2.24) is 0 Å². The van der Waals surface area contributed by atoms with Crippen LogP contribution in [-0.2, 0) is 0 Å². The Bertz CT molecular complexity index is 635. The Morgan fingerprint density at radius 1 is 1.15 bits per heavy atom. The van der Waals surface area contributed by atoms with Crippen LogP contribution in [0.5, 0.6) is 0 Å². The minimum atomic E-state index is -0.192. The van der Waals surface area contributed by atoms with E-state index in [1.54, 1.807) is 18.2 Å². The molecule has 0 aromatic heterocycles. The molecule has 0 heterocycles. The number of nitrogen functional groups attached to an aromatic ring is 1. The Balaban J connectivity index is 2.29. The lowest BCUT2D eigenvalue weighted by molar-refractivity contribution is 0.102. The smallest absolute Gasteiger partial charge is 0.255 e. The standard InChI is InChI=1S/C15H16ClN3O/c1-9-4-3-5-13(16)14(9)18-15(20)12-7-6-11(19-17)8-10(12)2/h3-8,19H,17H2,1-2H3,(H,18,20). The Morgan fingerprint density at radius 3 is 2.50 bits per heavy atom. The number of nitrogens with one attached hydrogen (secondary N) is 2. The van der Waals surface area contributed by atoms with E-state index in [-0.39, 0.29) is 5.91 Å². The number of para-hydroxylation sites is 1.